The number of hydrogen-bond donors (Lipinski definition) is 4. The van der Waals surface area contributed by atoms with Crippen molar-refractivity contribution in [1.29, 1.82) is 0 Å². The quantitative estimate of drug-likeness (QED) is 0.426. The van der Waals surface area contributed by atoms with Gasteiger partial charge in [-0.05, 0) is 18.6 Å². The second-order valence-corrected chi connectivity index (χ2v) is 3.88. The Morgan fingerprint density at radius 3 is 2.89 bits per heavy atom. The number of amides is 1. The lowest BCUT2D eigenvalue weighted by molar-refractivity contribution is 0.0876. The topological polar surface area (TPSA) is 105 Å². The third-order valence-corrected chi connectivity index (χ3v) is 2.49. The normalized spacial score (nSPS) is 12.1. The van der Waals surface area contributed by atoms with Crippen molar-refractivity contribution in [2.45, 2.75) is 12.5 Å². The third kappa shape index (κ3) is 3.61. The molecule has 0 fully saturated rings. The van der Waals surface area contributed by atoms with Crippen LogP contribution in [0.5, 0.6) is 5.75 Å². The van der Waals surface area contributed by atoms with Gasteiger partial charge in [0.2, 0.25) is 0 Å². The van der Waals surface area contributed by atoms with E-state index >= 15 is 0 Å². The fourth-order valence-electron chi connectivity index (χ4n) is 1.56. The lowest BCUT2D eigenvalue weighted by Crippen LogP contribution is -2.38. The Bertz CT molecular complexity index is 403. The van der Waals surface area contributed by atoms with Crippen molar-refractivity contribution in [2.75, 3.05) is 26.1 Å². The van der Waals surface area contributed by atoms with Crippen LogP contribution in [0.15, 0.2) is 18.2 Å². The van der Waals surface area contributed by atoms with Gasteiger partial charge in [0.1, 0.15) is 0 Å². The Balaban J connectivity index is 2.77. The van der Waals surface area contributed by atoms with Crippen LogP contribution in [0.3, 0.4) is 0 Å². The van der Waals surface area contributed by atoms with Crippen LogP contribution in [0.4, 0.5) is 5.69 Å². The number of nitrogen functional groups attached to an aromatic ring is 1. The SMILES string of the molecule is COCC(CCO)NC(=O)c1cccc(N)c1O. The Hall–Kier alpha value is -1.79. The van der Waals surface area contributed by atoms with Gasteiger partial charge in [-0.1, -0.05) is 6.07 Å². The molecule has 100 valence electrons. The zero-order valence-electron chi connectivity index (χ0n) is 10.2. The average molecular weight is 254 g/mol. The van der Waals surface area contributed by atoms with Gasteiger partial charge in [-0.25, -0.2) is 0 Å². The minimum absolute atomic E-state index is 0.0583. The summed E-state index contributed by atoms with van der Waals surface area (Å²) in [7, 11) is 1.51. The van der Waals surface area contributed by atoms with E-state index in [1.54, 1.807) is 6.07 Å². The number of phenols is 1. The van der Waals surface area contributed by atoms with Crippen LogP contribution in [0.2, 0.25) is 0 Å². The van der Waals surface area contributed by atoms with Gasteiger partial charge >= 0.3 is 0 Å². The molecule has 0 spiro atoms. The molecule has 0 radical (unpaired) electrons. The summed E-state index contributed by atoms with van der Waals surface area (Å²) in [6.45, 7) is 0.229. The predicted molar refractivity (Wildman–Crippen MR) is 67.4 cm³/mol. The molecule has 18 heavy (non-hydrogen) atoms. The van der Waals surface area contributed by atoms with Gasteiger partial charge < -0.3 is 26.0 Å². The molecular weight excluding hydrogens is 236 g/mol. The van der Waals surface area contributed by atoms with Crippen molar-refractivity contribution in [3.8, 4) is 5.75 Å². The van der Waals surface area contributed by atoms with Crippen LogP contribution in [0.1, 0.15) is 16.8 Å². The Morgan fingerprint density at radius 1 is 1.56 bits per heavy atom. The largest absolute Gasteiger partial charge is 0.505 e. The number of phenolic OH excluding ortho intramolecular Hbond substituents is 1. The average Bonchev–Trinajstić information content (AvgIpc) is 2.33. The Labute approximate surface area is 105 Å². The fourth-order valence-corrected chi connectivity index (χ4v) is 1.56. The van der Waals surface area contributed by atoms with Crippen LogP contribution in [0, 0.1) is 0 Å². The summed E-state index contributed by atoms with van der Waals surface area (Å²) in [5.74, 6) is -0.689. The van der Waals surface area contributed by atoms with E-state index in [4.69, 9.17) is 15.6 Å². The van der Waals surface area contributed by atoms with Gasteiger partial charge in [0, 0.05) is 13.7 Å². The number of anilines is 1. The number of ether oxygens (including phenoxy) is 1. The van der Waals surface area contributed by atoms with Crippen LogP contribution >= 0.6 is 0 Å². The third-order valence-electron chi connectivity index (χ3n) is 2.49. The molecule has 0 aliphatic rings. The van der Waals surface area contributed by atoms with E-state index in [0.717, 1.165) is 0 Å². The Morgan fingerprint density at radius 2 is 2.28 bits per heavy atom. The van der Waals surface area contributed by atoms with E-state index in [1.807, 2.05) is 0 Å². The second kappa shape index (κ2) is 6.83. The number of aromatic hydroxyl groups is 1. The van der Waals surface area contributed by atoms with Crippen molar-refractivity contribution in [1.82, 2.24) is 5.32 Å². The van der Waals surface area contributed by atoms with Gasteiger partial charge in [0.05, 0.1) is 23.9 Å². The molecule has 6 heteroatoms. The molecule has 1 unspecified atom stereocenters. The summed E-state index contributed by atoms with van der Waals surface area (Å²) < 4.78 is 4.93. The number of methoxy groups -OCH3 is 1. The van der Waals surface area contributed by atoms with E-state index in [0.29, 0.717) is 6.42 Å². The summed E-state index contributed by atoms with van der Waals surface area (Å²) in [4.78, 5) is 11.9. The molecule has 1 amide bonds. The number of nitrogens with one attached hydrogen (secondary N) is 1. The second-order valence-electron chi connectivity index (χ2n) is 3.88. The zero-order chi connectivity index (χ0) is 13.5. The molecule has 1 aromatic carbocycles. The molecule has 0 saturated carbocycles. The van der Waals surface area contributed by atoms with Crippen molar-refractivity contribution in [3.63, 3.8) is 0 Å². The van der Waals surface area contributed by atoms with E-state index in [2.05, 4.69) is 5.32 Å². The molecule has 0 saturated heterocycles. The Kier molecular flexibility index (Phi) is 5.41. The van der Waals surface area contributed by atoms with E-state index in [9.17, 15) is 9.90 Å². The highest BCUT2D eigenvalue weighted by Crippen LogP contribution is 2.24. The summed E-state index contributed by atoms with van der Waals surface area (Å²) in [5, 5.41) is 21.2. The smallest absolute Gasteiger partial charge is 0.255 e. The molecule has 6 nitrogen and oxygen atoms in total. The van der Waals surface area contributed by atoms with Crippen molar-refractivity contribution in [3.05, 3.63) is 23.8 Å². The van der Waals surface area contributed by atoms with Crippen molar-refractivity contribution >= 4 is 11.6 Å². The van der Waals surface area contributed by atoms with Crippen molar-refractivity contribution in [2.24, 2.45) is 0 Å². The van der Waals surface area contributed by atoms with Crippen LogP contribution in [-0.2, 0) is 4.74 Å². The molecule has 0 bridgehead atoms. The van der Waals surface area contributed by atoms with E-state index in [1.165, 1.54) is 19.2 Å². The lowest BCUT2D eigenvalue weighted by atomic mass is 10.1. The number of aliphatic hydroxyl groups excluding tert-OH is 1. The molecule has 0 aliphatic heterocycles. The number of benzene rings is 1. The van der Waals surface area contributed by atoms with E-state index < -0.39 is 5.91 Å². The molecule has 0 aliphatic carbocycles. The number of hydrogen-bond acceptors (Lipinski definition) is 5. The van der Waals surface area contributed by atoms with Gasteiger partial charge in [-0.3, -0.25) is 4.79 Å². The lowest BCUT2D eigenvalue weighted by Gasteiger charge is -2.17. The maximum atomic E-state index is 11.9. The van der Waals surface area contributed by atoms with Gasteiger partial charge in [-0.15, -0.1) is 0 Å². The summed E-state index contributed by atoms with van der Waals surface area (Å²) in [6.07, 6.45) is 0.378. The number of aliphatic hydroxyl groups is 1. The standard InChI is InChI=1S/C12H18N2O4/c1-18-7-8(5-6-15)14-12(17)9-3-2-4-10(13)11(9)16/h2-4,8,15-16H,5-7,13H2,1H3,(H,14,17). The van der Waals surface area contributed by atoms with Crippen LogP contribution in [-0.4, -0.2) is 42.5 Å². The first kappa shape index (κ1) is 14.3. The highest BCUT2D eigenvalue weighted by Gasteiger charge is 2.17. The van der Waals surface area contributed by atoms with Gasteiger partial charge in [-0.2, -0.15) is 0 Å². The maximum absolute atomic E-state index is 11.9. The molecule has 1 rings (SSSR count). The molecule has 0 aromatic heterocycles. The highest BCUT2D eigenvalue weighted by molar-refractivity contribution is 5.98. The number of carbonyl (C=O) groups is 1. The summed E-state index contributed by atoms with van der Waals surface area (Å²) in [6, 6.07) is 4.26. The monoisotopic (exact) mass is 254 g/mol. The first-order valence-electron chi connectivity index (χ1n) is 5.58. The first-order chi connectivity index (χ1) is 8.60. The van der Waals surface area contributed by atoms with Crippen molar-refractivity contribution < 1.29 is 19.7 Å². The predicted octanol–water partition coefficient (Wildman–Crippen LogP) is 0.102. The number of nitrogens with two attached hydrogens (primary N) is 1. The van der Waals surface area contributed by atoms with Gasteiger partial charge in [0.25, 0.3) is 5.91 Å². The maximum Gasteiger partial charge on any atom is 0.255 e. The minimum atomic E-state index is -0.449. The molecule has 0 heterocycles. The molecule has 1 atom stereocenters. The molecule has 1 aromatic rings. The van der Waals surface area contributed by atoms with Gasteiger partial charge in [0.15, 0.2) is 5.75 Å². The number of para-hydroxylation sites is 1. The fraction of sp³-hybridized carbons (Fsp3) is 0.417. The summed E-state index contributed by atoms with van der Waals surface area (Å²) >= 11 is 0. The summed E-state index contributed by atoms with van der Waals surface area (Å²) in [5.41, 5.74) is 5.76. The molecule has 5 N–H and O–H groups in total. The van der Waals surface area contributed by atoms with E-state index in [-0.39, 0.29) is 36.3 Å². The zero-order valence-corrected chi connectivity index (χ0v) is 10.2. The first-order valence-corrected chi connectivity index (χ1v) is 5.58. The number of rotatable bonds is 6. The van der Waals surface area contributed by atoms with Crippen LogP contribution in [0.25, 0.3) is 0 Å². The molecular formula is C12H18N2O4. The number of carbonyl (C=O) groups excluding carboxylic acids is 1. The highest BCUT2D eigenvalue weighted by atomic mass is 16.5. The van der Waals surface area contributed by atoms with Crippen LogP contribution < -0.4 is 11.1 Å². The minimum Gasteiger partial charge on any atom is -0.505 e.